The average molecular weight is 225 g/mol. The molecule has 0 aliphatic heterocycles. The van der Waals surface area contributed by atoms with E-state index in [9.17, 15) is 4.79 Å². The molecular weight excluding hydrogens is 198 g/mol. The van der Waals surface area contributed by atoms with E-state index in [1.54, 1.807) is 6.92 Å². The number of carbonyl (C=O) groups is 1. The van der Waals surface area contributed by atoms with Gasteiger partial charge in [-0.1, -0.05) is 45.6 Å². The Labute approximate surface area is 101 Å². The number of hydrogen-bond acceptors (Lipinski definition) is 1. The zero-order valence-electron chi connectivity index (χ0n) is 11.2. The SMILES string of the molecule is C=C(C)C(=O)N(CC)CCCCCCCC. The van der Waals surface area contributed by atoms with Crippen molar-refractivity contribution < 1.29 is 4.79 Å². The molecule has 1 amide bonds. The predicted octanol–water partition coefficient (Wildman–Crippen LogP) is 3.77. The molecule has 0 aliphatic carbocycles. The summed E-state index contributed by atoms with van der Waals surface area (Å²) in [5.74, 6) is 0.107. The molecule has 0 saturated heterocycles. The molecule has 0 aromatic rings. The van der Waals surface area contributed by atoms with E-state index >= 15 is 0 Å². The van der Waals surface area contributed by atoms with Crippen LogP contribution in [0.5, 0.6) is 0 Å². The molecule has 0 radical (unpaired) electrons. The van der Waals surface area contributed by atoms with Gasteiger partial charge in [0.15, 0.2) is 0 Å². The highest BCUT2D eigenvalue weighted by Gasteiger charge is 2.10. The van der Waals surface area contributed by atoms with E-state index in [1.165, 1.54) is 32.1 Å². The van der Waals surface area contributed by atoms with E-state index in [4.69, 9.17) is 0 Å². The second-order valence-corrected chi connectivity index (χ2v) is 4.43. The molecule has 2 heteroatoms. The van der Waals surface area contributed by atoms with Crippen molar-refractivity contribution >= 4 is 5.91 Å². The maximum atomic E-state index is 11.7. The molecule has 0 saturated carbocycles. The lowest BCUT2D eigenvalue weighted by Crippen LogP contribution is -2.32. The molecule has 0 aliphatic rings. The summed E-state index contributed by atoms with van der Waals surface area (Å²) in [5.41, 5.74) is 0.646. The number of rotatable bonds is 9. The molecule has 0 spiro atoms. The van der Waals surface area contributed by atoms with Crippen LogP contribution in [0.4, 0.5) is 0 Å². The molecule has 0 atom stereocenters. The number of unbranched alkanes of at least 4 members (excludes halogenated alkanes) is 5. The fourth-order valence-electron chi connectivity index (χ4n) is 1.76. The Hall–Kier alpha value is -0.790. The highest BCUT2D eigenvalue weighted by atomic mass is 16.2. The van der Waals surface area contributed by atoms with E-state index in [1.807, 2.05) is 11.8 Å². The molecular formula is C14H27NO. The smallest absolute Gasteiger partial charge is 0.248 e. The fraction of sp³-hybridized carbons (Fsp3) is 0.786. The summed E-state index contributed by atoms with van der Waals surface area (Å²) in [6, 6.07) is 0. The Morgan fingerprint density at radius 2 is 1.62 bits per heavy atom. The fourth-order valence-corrected chi connectivity index (χ4v) is 1.76. The van der Waals surface area contributed by atoms with Crippen LogP contribution in [0.2, 0.25) is 0 Å². The lowest BCUT2D eigenvalue weighted by atomic mass is 10.1. The van der Waals surface area contributed by atoms with Crippen molar-refractivity contribution in [3.05, 3.63) is 12.2 Å². The van der Waals surface area contributed by atoms with Crippen LogP contribution in [-0.4, -0.2) is 23.9 Å². The molecule has 0 fully saturated rings. The van der Waals surface area contributed by atoms with Crippen molar-refractivity contribution in [2.75, 3.05) is 13.1 Å². The van der Waals surface area contributed by atoms with Gasteiger partial charge in [0.1, 0.15) is 0 Å². The molecule has 0 aromatic carbocycles. The second-order valence-electron chi connectivity index (χ2n) is 4.43. The minimum atomic E-state index is 0.107. The minimum absolute atomic E-state index is 0.107. The van der Waals surface area contributed by atoms with Crippen LogP contribution in [0.3, 0.4) is 0 Å². The van der Waals surface area contributed by atoms with Gasteiger partial charge >= 0.3 is 0 Å². The maximum Gasteiger partial charge on any atom is 0.248 e. The van der Waals surface area contributed by atoms with Crippen molar-refractivity contribution in [1.29, 1.82) is 0 Å². The maximum absolute atomic E-state index is 11.7. The van der Waals surface area contributed by atoms with E-state index in [0.717, 1.165) is 19.5 Å². The van der Waals surface area contributed by atoms with Crippen molar-refractivity contribution in [1.82, 2.24) is 4.90 Å². The van der Waals surface area contributed by atoms with Crippen LogP contribution < -0.4 is 0 Å². The first-order chi connectivity index (χ1) is 7.63. The number of likely N-dealkylation sites (N-methyl/N-ethyl adjacent to an activating group) is 1. The van der Waals surface area contributed by atoms with Gasteiger partial charge in [-0.25, -0.2) is 0 Å². The summed E-state index contributed by atoms with van der Waals surface area (Å²) >= 11 is 0. The third-order valence-electron chi connectivity index (χ3n) is 2.82. The molecule has 16 heavy (non-hydrogen) atoms. The van der Waals surface area contributed by atoms with Crippen LogP contribution in [0.25, 0.3) is 0 Å². The predicted molar refractivity (Wildman–Crippen MR) is 70.4 cm³/mol. The van der Waals surface area contributed by atoms with E-state index in [-0.39, 0.29) is 5.91 Å². The van der Waals surface area contributed by atoms with Crippen molar-refractivity contribution in [3.63, 3.8) is 0 Å². The van der Waals surface area contributed by atoms with Gasteiger partial charge in [0, 0.05) is 18.7 Å². The van der Waals surface area contributed by atoms with E-state index < -0.39 is 0 Å². The van der Waals surface area contributed by atoms with Crippen LogP contribution in [0.15, 0.2) is 12.2 Å². The molecule has 94 valence electrons. The topological polar surface area (TPSA) is 20.3 Å². The average Bonchev–Trinajstić information content (AvgIpc) is 2.27. The lowest BCUT2D eigenvalue weighted by Gasteiger charge is -2.20. The first-order valence-electron chi connectivity index (χ1n) is 6.58. The Balaban J connectivity index is 3.63. The Bertz CT molecular complexity index is 211. The van der Waals surface area contributed by atoms with Crippen LogP contribution >= 0.6 is 0 Å². The van der Waals surface area contributed by atoms with E-state index in [2.05, 4.69) is 13.5 Å². The van der Waals surface area contributed by atoms with Crippen molar-refractivity contribution in [2.24, 2.45) is 0 Å². The zero-order chi connectivity index (χ0) is 12.4. The third kappa shape index (κ3) is 6.65. The Kier molecular flexibility index (Phi) is 8.97. The Morgan fingerprint density at radius 1 is 1.06 bits per heavy atom. The summed E-state index contributed by atoms with van der Waals surface area (Å²) in [4.78, 5) is 13.6. The van der Waals surface area contributed by atoms with Crippen LogP contribution in [0, 0.1) is 0 Å². The zero-order valence-corrected chi connectivity index (χ0v) is 11.2. The molecule has 0 N–H and O–H groups in total. The van der Waals surface area contributed by atoms with Gasteiger partial charge in [-0.05, 0) is 20.3 Å². The first kappa shape index (κ1) is 15.2. The molecule has 0 heterocycles. The highest BCUT2D eigenvalue weighted by molar-refractivity contribution is 5.92. The number of amides is 1. The highest BCUT2D eigenvalue weighted by Crippen LogP contribution is 2.07. The summed E-state index contributed by atoms with van der Waals surface area (Å²) in [5, 5.41) is 0. The van der Waals surface area contributed by atoms with Gasteiger partial charge in [-0.2, -0.15) is 0 Å². The van der Waals surface area contributed by atoms with E-state index in [0.29, 0.717) is 5.57 Å². The summed E-state index contributed by atoms with van der Waals surface area (Å²) < 4.78 is 0. The molecule has 2 nitrogen and oxygen atoms in total. The standard InChI is InChI=1S/C14H27NO/c1-5-7-8-9-10-11-12-15(6-2)14(16)13(3)4/h3,5-12H2,1-2,4H3. The summed E-state index contributed by atoms with van der Waals surface area (Å²) in [6.07, 6.45) is 7.61. The van der Waals surface area contributed by atoms with Gasteiger partial charge in [0.25, 0.3) is 0 Å². The van der Waals surface area contributed by atoms with Gasteiger partial charge in [0.2, 0.25) is 5.91 Å². The van der Waals surface area contributed by atoms with Gasteiger partial charge in [0.05, 0.1) is 0 Å². The Morgan fingerprint density at radius 3 is 2.12 bits per heavy atom. The monoisotopic (exact) mass is 225 g/mol. The van der Waals surface area contributed by atoms with Gasteiger partial charge in [-0.3, -0.25) is 4.79 Å². The van der Waals surface area contributed by atoms with Crippen molar-refractivity contribution in [2.45, 2.75) is 59.3 Å². The molecule has 0 aromatic heterocycles. The molecule has 0 bridgehead atoms. The third-order valence-corrected chi connectivity index (χ3v) is 2.82. The van der Waals surface area contributed by atoms with Crippen LogP contribution in [0.1, 0.15) is 59.3 Å². The largest absolute Gasteiger partial charge is 0.339 e. The number of nitrogens with zero attached hydrogens (tertiary/aromatic N) is 1. The lowest BCUT2D eigenvalue weighted by molar-refractivity contribution is -0.126. The quantitative estimate of drug-likeness (QED) is 0.432. The van der Waals surface area contributed by atoms with Gasteiger partial charge < -0.3 is 4.90 Å². The normalized spacial score (nSPS) is 10.2. The first-order valence-corrected chi connectivity index (χ1v) is 6.58. The number of hydrogen-bond donors (Lipinski definition) is 0. The molecule has 0 unspecified atom stereocenters. The molecule has 0 rings (SSSR count). The minimum Gasteiger partial charge on any atom is -0.339 e. The second kappa shape index (κ2) is 9.44. The van der Waals surface area contributed by atoms with Crippen LogP contribution in [-0.2, 0) is 4.79 Å². The van der Waals surface area contributed by atoms with Crippen molar-refractivity contribution in [3.8, 4) is 0 Å². The van der Waals surface area contributed by atoms with Gasteiger partial charge in [-0.15, -0.1) is 0 Å². The summed E-state index contributed by atoms with van der Waals surface area (Å²) in [7, 11) is 0. The summed E-state index contributed by atoms with van der Waals surface area (Å²) in [6.45, 7) is 11.4. The number of carbonyl (C=O) groups excluding carboxylic acids is 1.